The molecule has 0 aliphatic rings. The van der Waals surface area contributed by atoms with Crippen LogP contribution in [0.15, 0.2) is 24.3 Å². The van der Waals surface area contributed by atoms with Crippen LogP contribution in [0.2, 0.25) is 5.02 Å². The molecule has 3 nitrogen and oxygen atoms in total. The molecule has 0 heterocycles. The maximum atomic E-state index is 11.0. The number of nitrogens with one attached hydrogen (secondary N) is 1. The maximum Gasteiger partial charge on any atom is 0.217 e. The van der Waals surface area contributed by atoms with Crippen molar-refractivity contribution in [1.29, 1.82) is 0 Å². The fourth-order valence-electron chi connectivity index (χ4n) is 1.33. The first-order chi connectivity index (χ1) is 7.13. The zero-order valence-electron chi connectivity index (χ0n) is 8.79. The second-order valence-corrected chi connectivity index (χ2v) is 3.70. The van der Waals surface area contributed by atoms with Crippen molar-refractivity contribution in [3.63, 3.8) is 0 Å². The standard InChI is InChI=1S/C11H14ClNO2/c1-8(14)13-11(7-15-2)9-3-5-10(12)6-4-9/h3-6,11H,7H2,1-2H3,(H,13,14). The van der Waals surface area contributed by atoms with Gasteiger partial charge in [-0.25, -0.2) is 0 Å². The Morgan fingerprint density at radius 3 is 2.53 bits per heavy atom. The molecular weight excluding hydrogens is 214 g/mol. The lowest BCUT2D eigenvalue weighted by Gasteiger charge is -2.17. The minimum Gasteiger partial charge on any atom is -0.382 e. The van der Waals surface area contributed by atoms with E-state index in [1.165, 1.54) is 6.92 Å². The molecule has 0 spiro atoms. The molecule has 1 atom stereocenters. The van der Waals surface area contributed by atoms with Crippen LogP contribution in [0.5, 0.6) is 0 Å². The van der Waals surface area contributed by atoms with Crippen molar-refractivity contribution in [1.82, 2.24) is 5.32 Å². The topological polar surface area (TPSA) is 38.3 Å². The summed E-state index contributed by atoms with van der Waals surface area (Å²) in [5, 5.41) is 3.49. The molecule has 0 saturated heterocycles. The van der Waals surface area contributed by atoms with E-state index in [4.69, 9.17) is 16.3 Å². The lowest BCUT2D eigenvalue weighted by molar-refractivity contribution is -0.120. The summed E-state index contributed by atoms with van der Waals surface area (Å²) in [4.78, 5) is 11.0. The van der Waals surface area contributed by atoms with Gasteiger partial charge in [0.05, 0.1) is 12.6 Å². The van der Waals surface area contributed by atoms with Gasteiger partial charge in [0.25, 0.3) is 0 Å². The van der Waals surface area contributed by atoms with Crippen molar-refractivity contribution in [3.05, 3.63) is 34.9 Å². The fraction of sp³-hybridized carbons (Fsp3) is 0.364. The number of amides is 1. The Morgan fingerprint density at radius 2 is 2.07 bits per heavy atom. The summed E-state index contributed by atoms with van der Waals surface area (Å²) in [6.45, 7) is 1.93. The molecule has 1 aromatic rings. The Labute approximate surface area is 94.4 Å². The minimum atomic E-state index is -0.121. The molecule has 1 aromatic carbocycles. The fourth-order valence-corrected chi connectivity index (χ4v) is 1.45. The largest absolute Gasteiger partial charge is 0.382 e. The van der Waals surface area contributed by atoms with Gasteiger partial charge in [0.2, 0.25) is 5.91 Å². The third-order valence-electron chi connectivity index (χ3n) is 1.98. The van der Waals surface area contributed by atoms with Crippen LogP contribution in [-0.4, -0.2) is 19.6 Å². The van der Waals surface area contributed by atoms with E-state index in [0.29, 0.717) is 11.6 Å². The Bertz CT molecular complexity index is 324. The predicted octanol–water partition coefficient (Wildman–Crippen LogP) is 2.16. The third kappa shape index (κ3) is 3.90. The van der Waals surface area contributed by atoms with Gasteiger partial charge in [0.15, 0.2) is 0 Å². The average molecular weight is 228 g/mol. The van der Waals surface area contributed by atoms with Crippen molar-refractivity contribution >= 4 is 17.5 Å². The first kappa shape index (κ1) is 12.0. The Balaban J connectivity index is 2.78. The molecule has 4 heteroatoms. The molecule has 0 fully saturated rings. The molecule has 0 radical (unpaired) electrons. The number of benzene rings is 1. The van der Waals surface area contributed by atoms with E-state index >= 15 is 0 Å². The van der Waals surface area contributed by atoms with Crippen LogP contribution in [-0.2, 0) is 9.53 Å². The first-order valence-electron chi connectivity index (χ1n) is 4.65. The lowest BCUT2D eigenvalue weighted by Crippen LogP contribution is -2.29. The molecule has 1 amide bonds. The van der Waals surface area contributed by atoms with E-state index in [9.17, 15) is 4.79 Å². The molecule has 15 heavy (non-hydrogen) atoms. The summed E-state index contributed by atoms with van der Waals surface area (Å²) in [5.74, 6) is -0.0769. The molecule has 0 bridgehead atoms. The van der Waals surface area contributed by atoms with E-state index in [2.05, 4.69) is 5.32 Å². The number of methoxy groups -OCH3 is 1. The minimum absolute atomic E-state index is 0.0769. The molecule has 0 saturated carbocycles. The van der Waals surface area contributed by atoms with E-state index in [1.54, 1.807) is 19.2 Å². The average Bonchev–Trinajstić information content (AvgIpc) is 2.17. The highest BCUT2D eigenvalue weighted by Gasteiger charge is 2.11. The molecule has 1 unspecified atom stereocenters. The molecule has 0 aliphatic heterocycles. The van der Waals surface area contributed by atoms with Gasteiger partial charge in [0.1, 0.15) is 0 Å². The van der Waals surface area contributed by atoms with Crippen LogP contribution < -0.4 is 5.32 Å². The predicted molar refractivity (Wildman–Crippen MR) is 59.9 cm³/mol. The molecule has 1 rings (SSSR count). The lowest BCUT2D eigenvalue weighted by atomic mass is 10.1. The SMILES string of the molecule is COCC(NC(C)=O)c1ccc(Cl)cc1. The van der Waals surface area contributed by atoms with E-state index in [1.807, 2.05) is 12.1 Å². The first-order valence-corrected chi connectivity index (χ1v) is 5.02. The normalized spacial score (nSPS) is 12.2. The molecular formula is C11H14ClNO2. The summed E-state index contributed by atoms with van der Waals surface area (Å²) >= 11 is 5.78. The van der Waals surface area contributed by atoms with Crippen LogP contribution in [0.4, 0.5) is 0 Å². The smallest absolute Gasteiger partial charge is 0.217 e. The third-order valence-corrected chi connectivity index (χ3v) is 2.24. The van der Waals surface area contributed by atoms with Crippen LogP contribution in [0.25, 0.3) is 0 Å². The van der Waals surface area contributed by atoms with Gasteiger partial charge < -0.3 is 10.1 Å². The summed E-state index contributed by atoms with van der Waals surface area (Å²) in [5.41, 5.74) is 0.983. The monoisotopic (exact) mass is 227 g/mol. The summed E-state index contributed by atoms with van der Waals surface area (Å²) in [7, 11) is 1.60. The van der Waals surface area contributed by atoms with Crippen molar-refractivity contribution < 1.29 is 9.53 Å². The zero-order valence-corrected chi connectivity index (χ0v) is 9.54. The Morgan fingerprint density at radius 1 is 1.47 bits per heavy atom. The van der Waals surface area contributed by atoms with Gasteiger partial charge in [-0.1, -0.05) is 23.7 Å². The van der Waals surface area contributed by atoms with Crippen LogP contribution >= 0.6 is 11.6 Å². The highest BCUT2D eigenvalue weighted by Crippen LogP contribution is 2.16. The number of hydrogen-bond donors (Lipinski definition) is 1. The molecule has 1 N–H and O–H groups in total. The van der Waals surface area contributed by atoms with Crippen LogP contribution in [0.3, 0.4) is 0 Å². The van der Waals surface area contributed by atoms with Crippen molar-refractivity contribution in [3.8, 4) is 0 Å². The van der Waals surface area contributed by atoms with Crippen LogP contribution in [0, 0.1) is 0 Å². The van der Waals surface area contributed by atoms with Gasteiger partial charge in [-0.3, -0.25) is 4.79 Å². The van der Waals surface area contributed by atoms with E-state index in [0.717, 1.165) is 5.56 Å². The Kier molecular flexibility index (Phi) is 4.59. The van der Waals surface area contributed by atoms with Crippen molar-refractivity contribution in [2.45, 2.75) is 13.0 Å². The quantitative estimate of drug-likeness (QED) is 0.856. The number of carbonyl (C=O) groups excluding carboxylic acids is 1. The van der Waals surface area contributed by atoms with Gasteiger partial charge in [-0.15, -0.1) is 0 Å². The summed E-state index contributed by atoms with van der Waals surface area (Å²) in [6.07, 6.45) is 0. The number of carbonyl (C=O) groups is 1. The van der Waals surface area contributed by atoms with E-state index in [-0.39, 0.29) is 11.9 Å². The molecule has 82 valence electrons. The van der Waals surface area contributed by atoms with Gasteiger partial charge in [-0.2, -0.15) is 0 Å². The molecule has 0 aromatic heterocycles. The second-order valence-electron chi connectivity index (χ2n) is 3.26. The number of halogens is 1. The Hall–Kier alpha value is -1.06. The van der Waals surface area contributed by atoms with Crippen molar-refractivity contribution in [2.24, 2.45) is 0 Å². The highest BCUT2D eigenvalue weighted by molar-refractivity contribution is 6.30. The summed E-state index contributed by atoms with van der Waals surface area (Å²) < 4.78 is 5.04. The zero-order chi connectivity index (χ0) is 11.3. The van der Waals surface area contributed by atoms with Gasteiger partial charge in [0, 0.05) is 19.1 Å². The highest BCUT2D eigenvalue weighted by atomic mass is 35.5. The van der Waals surface area contributed by atoms with Gasteiger partial charge in [-0.05, 0) is 17.7 Å². The number of ether oxygens (including phenoxy) is 1. The number of rotatable bonds is 4. The van der Waals surface area contributed by atoms with Gasteiger partial charge >= 0.3 is 0 Å². The van der Waals surface area contributed by atoms with Crippen molar-refractivity contribution in [2.75, 3.05) is 13.7 Å². The maximum absolute atomic E-state index is 11.0. The van der Waals surface area contributed by atoms with E-state index < -0.39 is 0 Å². The molecule has 0 aliphatic carbocycles. The second kappa shape index (κ2) is 5.73. The summed E-state index contributed by atoms with van der Waals surface area (Å²) in [6, 6.07) is 7.22. The number of hydrogen-bond acceptors (Lipinski definition) is 2. The van der Waals surface area contributed by atoms with Crippen LogP contribution in [0.1, 0.15) is 18.5 Å².